The van der Waals surface area contributed by atoms with Crippen molar-refractivity contribution in [3.05, 3.63) is 63.6 Å². The number of aryl methyl sites for hydroxylation is 1. The van der Waals surface area contributed by atoms with Crippen molar-refractivity contribution in [3.8, 4) is 5.75 Å². The first-order valence-corrected chi connectivity index (χ1v) is 11.3. The van der Waals surface area contributed by atoms with Crippen LogP contribution in [0.5, 0.6) is 5.75 Å². The Morgan fingerprint density at radius 2 is 1.90 bits per heavy atom. The number of nitrogens with one attached hydrogen (secondary N) is 1. The predicted molar refractivity (Wildman–Crippen MR) is 124 cm³/mol. The summed E-state index contributed by atoms with van der Waals surface area (Å²) in [5, 5.41) is 4.04. The molecule has 0 aliphatic heterocycles. The quantitative estimate of drug-likeness (QED) is 0.589. The van der Waals surface area contributed by atoms with E-state index in [-0.39, 0.29) is 31.0 Å². The van der Waals surface area contributed by atoms with Crippen LogP contribution in [-0.2, 0) is 16.1 Å². The SMILES string of the molecule is Cc1cccc(OCC(=O)N(Cc2ccc(Cl)cc2Cl)[C@@H](C)C(=O)NC2CCCC2)c1. The van der Waals surface area contributed by atoms with Gasteiger partial charge in [0, 0.05) is 22.6 Å². The number of hydrogen-bond acceptors (Lipinski definition) is 3. The van der Waals surface area contributed by atoms with Gasteiger partial charge >= 0.3 is 0 Å². The summed E-state index contributed by atoms with van der Waals surface area (Å²) in [5.41, 5.74) is 1.76. The molecule has 1 saturated carbocycles. The molecule has 1 aliphatic carbocycles. The van der Waals surface area contributed by atoms with Crippen LogP contribution >= 0.6 is 23.2 Å². The van der Waals surface area contributed by atoms with Crippen LogP contribution in [0.1, 0.15) is 43.7 Å². The van der Waals surface area contributed by atoms with Gasteiger partial charge in [0.2, 0.25) is 5.91 Å². The van der Waals surface area contributed by atoms with E-state index in [1.807, 2.05) is 25.1 Å². The summed E-state index contributed by atoms with van der Waals surface area (Å²) in [7, 11) is 0. The van der Waals surface area contributed by atoms with Crippen molar-refractivity contribution in [3.63, 3.8) is 0 Å². The Balaban J connectivity index is 1.74. The zero-order valence-electron chi connectivity index (χ0n) is 17.9. The van der Waals surface area contributed by atoms with Crippen LogP contribution in [0.4, 0.5) is 0 Å². The van der Waals surface area contributed by atoms with Crippen molar-refractivity contribution in [1.29, 1.82) is 0 Å². The smallest absolute Gasteiger partial charge is 0.261 e. The van der Waals surface area contributed by atoms with Crippen LogP contribution in [0, 0.1) is 6.92 Å². The highest BCUT2D eigenvalue weighted by Crippen LogP contribution is 2.24. The molecule has 31 heavy (non-hydrogen) atoms. The molecule has 166 valence electrons. The third-order valence-electron chi connectivity index (χ3n) is 5.58. The maximum atomic E-state index is 13.1. The largest absolute Gasteiger partial charge is 0.484 e. The number of rotatable bonds is 8. The highest BCUT2D eigenvalue weighted by atomic mass is 35.5. The molecule has 0 radical (unpaired) electrons. The summed E-state index contributed by atoms with van der Waals surface area (Å²) in [4.78, 5) is 27.5. The van der Waals surface area contributed by atoms with Gasteiger partial charge in [0.15, 0.2) is 6.61 Å². The standard InChI is InChI=1S/C24H28Cl2N2O3/c1-16-6-5-9-21(12-16)31-15-23(29)28(14-18-10-11-19(25)13-22(18)26)17(2)24(30)27-20-7-3-4-8-20/h5-6,9-13,17,20H,3-4,7-8,14-15H2,1-2H3,(H,27,30)/t17-/m0/s1. The number of halogens is 2. The summed E-state index contributed by atoms with van der Waals surface area (Å²) in [5.74, 6) is 0.156. The van der Waals surface area contributed by atoms with E-state index in [1.54, 1.807) is 31.2 Å². The Bertz CT molecular complexity index is 929. The molecule has 0 aromatic heterocycles. The van der Waals surface area contributed by atoms with Crippen LogP contribution < -0.4 is 10.1 Å². The molecule has 2 amide bonds. The van der Waals surface area contributed by atoms with Crippen molar-refractivity contribution in [1.82, 2.24) is 10.2 Å². The number of ether oxygens (including phenoxy) is 1. The Morgan fingerprint density at radius 1 is 1.16 bits per heavy atom. The molecule has 1 atom stereocenters. The minimum atomic E-state index is -0.666. The molecule has 0 saturated heterocycles. The maximum Gasteiger partial charge on any atom is 0.261 e. The number of carbonyl (C=O) groups excluding carboxylic acids is 2. The molecule has 1 fully saturated rings. The van der Waals surface area contributed by atoms with Crippen molar-refractivity contribution < 1.29 is 14.3 Å². The highest BCUT2D eigenvalue weighted by molar-refractivity contribution is 6.35. The zero-order valence-corrected chi connectivity index (χ0v) is 19.4. The lowest BCUT2D eigenvalue weighted by Crippen LogP contribution is -2.50. The molecule has 1 N–H and O–H groups in total. The highest BCUT2D eigenvalue weighted by Gasteiger charge is 2.29. The lowest BCUT2D eigenvalue weighted by Gasteiger charge is -2.30. The number of benzene rings is 2. The number of hydrogen-bond donors (Lipinski definition) is 1. The topological polar surface area (TPSA) is 58.6 Å². The maximum absolute atomic E-state index is 13.1. The van der Waals surface area contributed by atoms with E-state index in [9.17, 15) is 9.59 Å². The van der Waals surface area contributed by atoms with Gasteiger partial charge in [-0.2, -0.15) is 0 Å². The third-order valence-corrected chi connectivity index (χ3v) is 6.16. The summed E-state index contributed by atoms with van der Waals surface area (Å²) >= 11 is 12.3. The summed E-state index contributed by atoms with van der Waals surface area (Å²) in [6.45, 7) is 3.71. The van der Waals surface area contributed by atoms with Gasteiger partial charge in [-0.3, -0.25) is 9.59 Å². The number of carbonyl (C=O) groups is 2. The molecule has 0 heterocycles. The molecule has 0 bridgehead atoms. The molecule has 0 unspecified atom stereocenters. The molecular formula is C24H28Cl2N2O3. The van der Waals surface area contributed by atoms with Crippen LogP contribution in [0.25, 0.3) is 0 Å². The second kappa shape index (κ2) is 10.9. The minimum absolute atomic E-state index is 0.166. The van der Waals surface area contributed by atoms with Gasteiger partial charge < -0.3 is 15.0 Å². The molecule has 2 aromatic carbocycles. The molecular weight excluding hydrogens is 435 g/mol. The first-order valence-electron chi connectivity index (χ1n) is 10.6. The fourth-order valence-corrected chi connectivity index (χ4v) is 4.21. The fourth-order valence-electron chi connectivity index (χ4n) is 3.74. The van der Waals surface area contributed by atoms with E-state index in [4.69, 9.17) is 27.9 Å². The third kappa shape index (κ3) is 6.62. The first kappa shape index (κ1) is 23.4. The van der Waals surface area contributed by atoms with Gasteiger partial charge in [-0.15, -0.1) is 0 Å². The predicted octanol–water partition coefficient (Wildman–Crippen LogP) is 5.16. The van der Waals surface area contributed by atoms with E-state index < -0.39 is 6.04 Å². The molecule has 5 nitrogen and oxygen atoms in total. The lowest BCUT2D eigenvalue weighted by molar-refractivity contribution is -0.142. The Labute approximate surface area is 193 Å². The van der Waals surface area contributed by atoms with Crippen LogP contribution in [-0.4, -0.2) is 35.4 Å². The van der Waals surface area contributed by atoms with Gasteiger partial charge in [0.05, 0.1) is 0 Å². The second-order valence-corrected chi connectivity index (χ2v) is 8.87. The Morgan fingerprint density at radius 3 is 2.58 bits per heavy atom. The Hall–Kier alpha value is -2.24. The van der Waals surface area contributed by atoms with Crippen LogP contribution in [0.2, 0.25) is 10.0 Å². The van der Waals surface area contributed by atoms with Gasteiger partial charge in [0.25, 0.3) is 5.91 Å². The van der Waals surface area contributed by atoms with E-state index in [2.05, 4.69) is 5.32 Å². The summed E-state index contributed by atoms with van der Waals surface area (Å²) in [6.07, 6.45) is 4.19. The first-order chi connectivity index (χ1) is 14.8. The molecule has 0 spiro atoms. The van der Waals surface area contributed by atoms with Crippen LogP contribution in [0.3, 0.4) is 0 Å². The normalized spacial score (nSPS) is 14.8. The number of nitrogens with zero attached hydrogens (tertiary/aromatic N) is 1. The van der Waals surface area contributed by atoms with Crippen molar-refractivity contribution in [2.75, 3.05) is 6.61 Å². The molecule has 1 aliphatic rings. The van der Waals surface area contributed by atoms with E-state index in [0.717, 1.165) is 36.8 Å². The molecule has 7 heteroatoms. The van der Waals surface area contributed by atoms with E-state index >= 15 is 0 Å². The molecule has 3 rings (SSSR count). The van der Waals surface area contributed by atoms with Crippen molar-refractivity contribution in [2.24, 2.45) is 0 Å². The zero-order chi connectivity index (χ0) is 22.4. The van der Waals surface area contributed by atoms with Gasteiger partial charge in [-0.1, -0.05) is 54.2 Å². The second-order valence-electron chi connectivity index (χ2n) is 8.03. The average molecular weight is 463 g/mol. The summed E-state index contributed by atoms with van der Waals surface area (Å²) < 4.78 is 5.70. The van der Waals surface area contributed by atoms with E-state index in [1.165, 1.54) is 4.90 Å². The number of amides is 2. The minimum Gasteiger partial charge on any atom is -0.484 e. The fraction of sp³-hybridized carbons (Fsp3) is 0.417. The van der Waals surface area contributed by atoms with Gasteiger partial charge in [-0.25, -0.2) is 0 Å². The average Bonchev–Trinajstić information content (AvgIpc) is 3.24. The Kier molecular flexibility index (Phi) is 8.22. The van der Waals surface area contributed by atoms with Crippen molar-refractivity contribution >= 4 is 35.0 Å². The van der Waals surface area contributed by atoms with E-state index in [0.29, 0.717) is 15.8 Å². The van der Waals surface area contributed by atoms with Gasteiger partial charge in [-0.05, 0) is 62.1 Å². The van der Waals surface area contributed by atoms with Gasteiger partial charge in [0.1, 0.15) is 11.8 Å². The monoisotopic (exact) mass is 462 g/mol. The molecule has 2 aromatic rings. The van der Waals surface area contributed by atoms with Crippen molar-refractivity contribution in [2.45, 2.75) is 58.2 Å². The lowest BCUT2D eigenvalue weighted by atomic mass is 10.1. The summed E-state index contributed by atoms with van der Waals surface area (Å²) in [6, 6.07) is 12.1. The van der Waals surface area contributed by atoms with Crippen LogP contribution in [0.15, 0.2) is 42.5 Å².